The van der Waals surface area contributed by atoms with Crippen molar-refractivity contribution in [1.29, 1.82) is 0 Å². The molecule has 3 rings (SSSR count). The van der Waals surface area contributed by atoms with Gasteiger partial charge >= 0.3 is 0 Å². The highest BCUT2D eigenvalue weighted by atomic mass is 32.1. The van der Waals surface area contributed by atoms with E-state index in [0.717, 1.165) is 10.6 Å². The molecule has 1 aromatic heterocycles. The number of amides is 1. The highest BCUT2D eigenvalue weighted by Gasteiger charge is 2.19. The first-order chi connectivity index (χ1) is 12.2. The van der Waals surface area contributed by atoms with Crippen molar-refractivity contribution in [3.05, 3.63) is 82.3 Å². The van der Waals surface area contributed by atoms with Crippen molar-refractivity contribution >= 4 is 22.9 Å². The van der Waals surface area contributed by atoms with E-state index in [1.165, 1.54) is 12.1 Å². The number of carbonyl (C=O) groups is 1. The van der Waals surface area contributed by atoms with Gasteiger partial charge in [0, 0.05) is 16.1 Å². The van der Waals surface area contributed by atoms with Gasteiger partial charge in [-0.2, -0.15) is 0 Å². The maximum absolute atomic E-state index is 13.3. The number of halogens is 1. The molecule has 0 saturated carbocycles. The molecule has 3 nitrogen and oxygen atoms in total. The molecule has 25 heavy (non-hydrogen) atoms. The molecule has 0 spiro atoms. The molecule has 0 N–H and O–H groups in total. The normalized spacial score (nSPS) is 10.5. The molecule has 0 aliphatic heterocycles. The van der Waals surface area contributed by atoms with Gasteiger partial charge in [0.25, 0.3) is 5.91 Å². The van der Waals surface area contributed by atoms with Crippen LogP contribution in [0.25, 0.3) is 0 Å². The summed E-state index contributed by atoms with van der Waals surface area (Å²) in [5, 5.41) is 1.97. The highest BCUT2D eigenvalue weighted by Crippen LogP contribution is 2.23. The van der Waals surface area contributed by atoms with Crippen LogP contribution in [0, 0.1) is 5.82 Å². The summed E-state index contributed by atoms with van der Waals surface area (Å²) in [6.45, 7) is 2.93. The fourth-order valence-corrected chi connectivity index (χ4v) is 3.17. The molecule has 0 aliphatic carbocycles. The Hall–Kier alpha value is -2.66. The largest absolute Gasteiger partial charge is 0.494 e. The molecule has 1 amide bonds. The summed E-state index contributed by atoms with van der Waals surface area (Å²) in [4.78, 5) is 15.7. The van der Waals surface area contributed by atoms with E-state index in [2.05, 4.69) is 0 Å². The Morgan fingerprint density at radius 1 is 1.08 bits per heavy atom. The maximum atomic E-state index is 13.3. The molecule has 2 aromatic carbocycles. The maximum Gasteiger partial charge on any atom is 0.258 e. The molecule has 3 aromatic rings. The van der Waals surface area contributed by atoms with Crippen molar-refractivity contribution in [1.82, 2.24) is 0 Å². The van der Waals surface area contributed by atoms with Gasteiger partial charge in [-0.25, -0.2) is 4.39 Å². The minimum atomic E-state index is -0.326. The fraction of sp³-hybridized carbons (Fsp3) is 0.150. The molecule has 0 unspecified atom stereocenters. The van der Waals surface area contributed by atoms with Crippen LogP contribution in [-0.2, 0) is 6.54 Å². The lowest BCUT2D eigenvalue weighted by Crippen LogP contribution is -2.30. The molecule has 0 saturated heterocycles. The van der Waals surface area contributed by atoms with Crippen LogP contribution in [-0.4, -0.2) is 12.5 Å². The van der Waals surface area contributed by atoms with Gasteiger partial charge in [-0.3, -0.25) is 4.79 Å². The highest BCUT2D eigenvalue weighted by molar-refractivity contribution is 7.09. The lowest BCUT2D eigenvalue weighted by atomic mass is 10.1. The zero-order valence-electron chi connectivity index (χ0n) is 13.8. The van der Waals surface area contributed by atoms with Crippen molar-refractivity contribution in [2.24, 2.45) is 0 Å². The number of hydrogen-bond donors (Lipinski definition) is 0. The van der Waals surface area contributed by atoms with Crippen LogP contribution >= 0.6 is 11.3 Å². The molecule has 0 atom stereocenters. The van der Waals surface area contributed by atoms with Crippen molar-refractivity contribution < 1.29 is 13.9 Å². The topological polar surface area (TPSA) is 29.5 Å². The van der Waals surface area contributed by atoms with E-state index in [1.807, 2.05) is 24.4 Å². The Balaban J connectivity index is 1.89. The average molecular weight is 355 g/mol. The Labute approximate surface area is 150 Å². The zero-order chi connectivity index (χ0) is 17.6. The van der Waals surface area contributed by atoms with Gasteiger partial charge in [-0.1, -0.05) is 6.07 Å². The van der Waals surface area contributed by atoms with Crippen LogP contribution in [0.1, 0.15) is 22.2 Å². The van der Waals surface area contributed by atoms with Crippen molar-refractivity contribution in [2.75, 3.05) is 11.5 Å². The third kappa shape index (κ3) is 4.25. The molecule has 0 aliphatic rings. The van der Waals surface area contributed by atoms with Crippen LogP contribution in [0.2, 0.25) is 0 Å². The first kappa shape index (κ1) is 17.2. The van der Waals surface area contributed by atoms with Gasteiger partial charge in [0.05, 0.1) is 13.2 Å². The number of carbonyl (C=O) groups excluding carboxylic acids is 1. The smallest absolute Gasteiger partial charge is 0.258 e. The number of thiophene rings is 1. The van der Waals surface area contributed by atoms with Gasteiger partial charge in [-0.05, 0) is 66.9 Å². The second kappa shape index (κ2) is 7.94. The van der Waals surface area contributed by atoms with E-state index in [-0.39, 0.29) is 11.7 Å². The third-order valence-electron chi connectivity index (χ3n) is 3.69. The van der Waals surface area contributed by atoms with Crippen molar-refractivity contribution in [2.45, 2.75) is 13.5 Å². The van der Waals surface area contributed by atoms with Gasteiger partial charge < -0.3 is 9.64 Å². The number of hydrogen-bond acceptors (Lipinski definition) is 3. The van der Waals surface area contributed by atoms with Crippen LogP contribution in [0.15, 0.2) is 66.0 Å². The first-order valence-corrected chi connectivity index (χ1v) is 8.88. The summed E-state index contributed by atoms with van der Waals surface area (Å²) >= 11 is 1.58. The number of benzene rings is 2. The van der Waals surface area contributed by atoms with Gasteiger partial charge in [0.15, 0.2) is 0 Å². The Bertz CT molecular complexity index is 814. The van der Waals surface area contributed by atoms with E-state index in [9.17, 15) is 9.18 Å². The van der Waals surface area contributed by atoms with Crippen LogP contribution in [0.3, 0.4) is 0 Å². The summed E-state index contributed by atoms with van der Waals surface area (Å²) in [5.74, 6) is 0.266. The lowest BCUT2D eigenvalue weighted by Gasteiger charge is -2.22. The summed E-state index contributed by atoms with van der Waals surface area (Å²) in [6, 6.07) is 17.0. The first-order valence-electron chi connectivity index (χ1n) is 8.00. The summed E-state index contributed by atoms with van der Waals surface area (Å²) < 4.78 is 18.7. The second-order valence-electron chi connectivity index (χ2n) is 5.40. The van der Waals surface area contributed by atoms with Crippen LogP contribution in [0.5, 0.6) is 5.75 Å². The van der Waals surface area contributed by atoms with E-state index in [4.69, 9.17) is 4.74 Å². The molecule has 0 bridgehead atoms. The van der Waals surface area contributed by atoms with Crippen LogP contribution < -0.4 is 9.64 Å². The SMILES string of the molecule is CCOc1ccc(C(=O)N(Cc2cccs2)c2ccc(F)cc2)cc1. The quantitative estimate of drug-likeness (QED) is 0.613. The lowest BCUT2D eigenvalue weighted by molar-refractivity contribution is 0.0985. The Kier molecular flexibility index (Phi) is 5.46. The van der Waals surface area contributed by atoms with Crippen molar-refractivity contribution in [3.8, 4) is 5.75 Å². The molecule has 5 heteroatoms. The van der Waals surface area contributed by atoms with Gasteiger partial charge in [0.2, 0.25) is 0 Å². The average Bonchev–Trinajstić information content (AvgIpc) is 3.14. The number of ether oxygens (including phenoxy) is 1. The summed E-state index contributed by atoms with van der Waals surface area (Å²) in [7, 11) is 0. The predicted molar refractivity (Wildman–Crippen MR) is 98.8 cm³/mol. The Morgan fingerprint density at radius 2 is 1.80 bits per heavy atom. The minimum absolute atomic E-state index is 0.136. The van der Waals surface area contributed by atoms with Crippen LogP contribution in [0.4, 0.5) is 10.1 Å². The van der Waals surface area contributed by atoms with E-state index in [0.29, 0.717) is 24.4 Å². The van der Waals surface area contributed by atoms with Gasteiger partial charge in [-0.15, -0.1) is 11.3 Å². The molecular formula is C20H18FNO2S. The zero-order valence-corrected chi connectivity index (χ0v) is 14.6. The summed E-state index contributed by atoms with van der Waals surface area (Å²) in [5.41, 5.74) is 1.22. The van der Waals surface area contributed by atoms with Gasteiger partial charge in [0.1, 0.15) is 11.6 Å². The molecule has 0 radical (unpaired) electrons. The third-order valence-corrected chi connectivity index (χ3v) is 4.55. The second-order valence-corrected chi connectivity index (χ2v) is 6.44. The van der Waals surface area contributed by atoms with E-state index in [1.54, 1.807) is 52.6 Å². The standard InChI is InChI=1S/C20H18FNO2S/c1-2-24-18-11-5-15(6-12-18)20(23)22(14-19-4-3-13-25-19)17-9-7-16(21)8-10-17/h3-13H,2,14H2,1H3. The summed E-state index contributed by atoms with van der Waals surface area (Å²) in [6.07, 6.45) is 0. The number of rotatable bonds is 6. The van der Waals surface area contributed by atoms with E-state index >= 15 is 0 Å². The molecule has 0 fully saturated rings. The minimum Gasteiger partial charge on any atom is -0.494 e. The number of nitrogens with zero attached hydrogens (tertiary/aromatic N) is 1. The predicted octanol–water partition coefficient (Wildman–Crippen LogP) is 5.13. The molecule has 128 valence electrons. The molecule has 1 heterocycles. The Morgan fingerprint density at radius 3 is 2.40 bits per heavy atom. The monoisotopic (exact) mass is 355 g/mol. The number of anilines is 1. The fourth-order valence-electron chi connectivity index (χ4n) is 2.48. The van der Waals surface area contributed by atoms with Crippen molar-refractivity contribution in [3.63, 3.8) is 0 Å². The van der Waals surface area contributed by atoms with E-state index < -0.39 is 0 Å². The molecular weight excluding hydrogens is 337 g/mol.